The standard InChI is InChI=1S/C31H28N2O2/c1-23-27(19-12-20-29(23)35-2)30(34)28-21-33(22-32-28)31(24-13-6-3-7-14-24,25-15-8-4-9-16-25)26-17-10-5-11-18-26/h3-21,32H,22H2,1-2H3. The molecule has 35 heavy (non-hydrogen) atoms. The second kappa shape index (κ2) is 9.51. The van der Waals surface area contributed by atoms with E-state index in [1.807, 2.05) is 49.5 Å². The van der Waals surface area contributed by atoms with Crippen molar-refractivity contribution in [1.82, 2.24) is 10.2 Å². The maximum Gasteiger partial charge on any atom is 0.210 e. The molecule has 4 aromatic rings. The van der Waals surface area contributed by atoms with Crippen LogP contribution in [0.15, 0.2) is 121 Å². The normalized spacial score (nSPS) is 13.2. The summed E-state index contributed by atoms with van der Waals surface area (Å²) in [5.41, 5.74) is 4.79. The van der Waals surface area contributed by atoms with Gasteiger partial charge in [-0.25, -0.2) is 0 Å². The molecule has 0 fully saturated rings. The van der Waals surface area contributed by atoms with Gasteiger partial charge in [-0.3, -0.25) is 4.79 Å². The Bertz CT molecular complexity index is 1250. The molecule has 0 aromatic heterocycles. The third kappa shape index (κ3) is 3.87. The van der Waals surface area contributed by atoms with Gasteiger partial charge >= 0.3 is 0 Å². The number of carbonyl (C=O) groups is 1. The van der Waals surface area contributed by atoms with Crippen molar-refractivity contribution >= 4 is 5.78 Å². The van der Waals surface area contributed by atoms with E-state index in [1.165, 1.54) is 0 Å². The van der Waals surface area contributed by atoms with E-state index in [0.717, 1.165) is 22.3 Å². The Morgan fingerprint density at radius 1 is 0.771 bits per heavy atom. The Morgan fingerprint density at radius 3 is 1.77 bits per heavy atom. The van der Waals surface area contributed by atoms with Crippen LogP contribution >= 0.6 is 0 Å². The lowest BCUT2D eigenvalue weighted by molar-refractivity contribution is 0.102. The lowest BCUT2D eigenvalue weighted by atomic mass is 9.76. The molecule has 0 atom stereocenters. The molecule has 4 nitrogen and oxygen atoms in total. The number of Topliss-reactive ketones (excluding diaryl/α,β-unsaturated/α-hetero) is 1. The summed E-state index contributed by atoms with van der Waals surface area (Å²) in [5.74, 6) is 0.658. The van der Waals surface area contributed by atoms with Crippen LogP contribution < -0.4 is 10.1 Å². The molecule has 1 heterocycles. The molecule has 0 saturated carbocycles. The molecule has 1 aliphatic rings. The summed E-state index contributed by atoms with van der Waals surface area (Å²) in [6, 6.07) is 37.0. The molecule has 0 spiro atoms. The predicted octanol–water partition coefficient (Wildman–Crippen LogP) is 5.88. The predicted molar refractivity (Wildman–Crippen MR) is 139 cm³/mol. The largest absolute Gasteiger partial charge is 0.496 e. The average molecular weight is 461 g/mol. The number of ether oxygens (including phenoxy) is 1. The van der Waals surface area contributed by atoms with Gasteiger partial charge in [-0.2, -0.15) is 0 Å². The molecule has 174 valence electrons. The van der Waals surface area contributed by atoms with Crippen molar-refractivity contribution in [3.05, 3.63) is 149 Å². The van der Waals surface area contributed by atoms with E-state index in [0.29, 0.717) is 23.7 Å². The third-order valence-electron chi connectivity index (χ3n) is 6.72. The highest BCUT2D eigenvalue weighted by Crippen LogP contribution is 2.43. The van der Waals surface area contributed by atoms with E-state index in [-0.39, 0.29) is 5.78 Å². The summed E-state index contributed by atoms with van der Waals surface area (Å²) in [7, 11) is 1.62. The van der Waals surface area contributed by atoms with Crippen molar-refractivity contribution in [2.45, 2.75) is 12.5 Å². The summed E-state index contributed by atoms with van der Waals surface area (Å²) in [4.78, 5) is 15.8. The number of hydrogen-bond acceptors (Lipinski definition) is 4. The molecular weight excluding hydrogens is 432 g/mol. The van der Waals surface area contributed by atoms with E-state index < -0.39 is 5.54 Å². The first kappa shape index (κ1) is 22.5. The Morgan fingerprint density at radius 2 is 1.29 bits per heavy atom. The minimum Gasteiger partial charge on any atom is -0.496 e. The summed E-state index contributed by atoms with van der Waals surface area (Å²) >= 11 is 0. The van der Waals surface area contributed by atoms with Crippen LogP contribution in [0.5, 0.6) is 5.75 Å². The van der Waals surface area contributed by atoms with Crippen LogP contribution in [-0.2, 0) is 5.54 Å². The van der Waals surface area contributed by atoms with Gasteiger partial charge in [-0.05, 0) is 29.7 Å². The fraction of sp³-hybridized carbons (Fsp3) is 0.129. The van der Waals surface area contributed by atoms with Crippen molar-refractivity contribution in [3.63, 3.8) is 0 Å². The molecule has 4 heteroatoms. The van der Waals surface area contributed by atoms with Crippen LogP contribution in [0.2, 0.25) is 0 Å². The van der Waals surface area contributed by atoms with E-state index in [9.17, 15) is 4.79 Å². The third-order valence-corrected chi connectivity index (χ3v) is 6.72. The van der Waals surface area contributed by atoms with Crippen LogP contribution in [-0.4, -0.2) is 24.5 Å². The van der Waals surface area contributed by atoms with E-state index >= 15 is 0 Å². The SMILES string of the molecule is COc1cccc(C(=O)C2=CN(C(c3ccccc3)(c3ccccc3)c3ccccc3)CN2)c1C. The Kier molecular flexibility index (Phi) is 6.11. The number of ketones is 1. The Balaban J connectivity index is 1.68. The van der Waals surface area contributed by atoms with E-state index in [1.54, 1.807) is 7.11 Å². The van der Waals surface area contributed by atoms with Gasteiger partial charge in [0.2, 0.25) is 5.78 Å². The van der Waals surface area contributed by atoms with Gasteiger partial charge in [0, 0.05) is 17.3 Å². The van der Waals surface area contributed by atoms with Gasteiger partial charge in [-0.15, -0.1) is 0 Å². The highest BCUT2D eigenvalue weighted by Gasteiger charge is 2.43. The van der Waals surface area contributed by atoms with Crippen molar-refractivity contribution in [2.24, 2.45) is 0 Å². The van der Waals surface area contributed by atoms with Gasteiger partial charge in [0.15, 0.2) is 0 Å². The number of benzene rings is 4. The minimum atomic E-state index is -0.623. The van der Waals surface area contributed by atoms with Crippen LogP contribution in [0.1, 0.15) is 32.6 Å². The van der Waals surface area contributed by atoms with Gasteiger partial charge in [-0.1, -0.05) is 103 Å². The second-order valence-electron chi connectivity index (χ2n) is 8.62. The molecule has 0 aliphatic carbocycles. The zero-order valence-corrected chi connectivity index (χ0v) is 19.9. The lowest BCUT2D eigenvalue weighted by Gasteiger charge is -2.43. The maximum absolute atomic E-state index is 13.6. The second-order valence-corrected chi connectivity index (χ2v) is 8.62. The number of rotatable bonds is 7. The fourth-order valence-electron chi connectivity index (χ4n) is 5.03. The van der Waals surface area contributed by atoms with Crippen molar-refractivity contribution < 1.29 is 9.53 Å². The number of carbonyl (C=O) groups excluding carboxylic acids is 1. The van der Waals surface area contributed by atoms with Gasteiger partial charge in [0.05, 0.1) is 13.8 Å². The number of allylic oxidation sites excluding steroid dienone is 1. The molecule has 0 bridgehead atoms. The van der Waals surface area contributed by atoms with E-state index in [2.05, 4.69) is 83.0 Å². The first-order chi connectivity index (χ1) is 17.2. The zero-order valence-electron chi connectivity index (χ0n) is 19.9. The lowest BCUT2D eigenvalue weighted by Crippen LogP contribution is -2.45. The van der Waals surface area contributed by atoms with Crippen molar-refractivity contribution in [2.75, 3.05) is 13.8 Å². The first-order valence-electron chi connectivity index (χ1n) is 11.7. The quantitative estimate of drug-likeness (QED) is 0.276. The summed E-state index contributed by atoms with van der Waals surface area (Å²) in [5, 5.41) is 3.38. The molecule has 0 unspecified atom stereocenters. The molecule has 1 N–H and O–H groups in total. The first-order valence-corrected chi connectivity index (χ1v) is 11.7. The van der Waals surface area contributed by atoms with Crippen LogP contribution in [0.3, 0.4) is 0 Å². The van der Waals surface area contributed by atoms with Crippen molar-refractivity contribution in [3.8, 4) is 5.75 Å². The Hall–Kier alpha value is -4.31. The topological polar surface area (TPSA) is 41.6 Å². The van der Waals surface area contributed by atoms with Gasteiger partial charge < -0.3 is 15.0 Å². The van der Waals surface area contributed by atoms with Gasteiger partial charge in [0.25, 0.3) is 0 Å². The Labute approximate surface area is 206 Å². The number of hydrogen-bond donors (Lipinski definition) is 1. The van der Waals surface area contributed by atoms with Gasteiger partial charge in [0.1, 0.15) is 17.0 Å². The van der Waals surface area contributed by atoms with Crippen molar-refractivity contribution in [1.29, 1.82) is 0 Å². The summed E-state index contributed by atoms with van der Waals surface area (Å²) < 4.78 is 5.44. The summed E-state index contributed by atoms with van der Waals surface area (Å²) in [6.45, 7) is 2.41. The smallest absolute Gasteiger partial charge is 0.210 e. The number of nitrogens with one attached hydrogen (secondary N) is 1. The molecule has 1 aliphatic heterocycles. The molecule has 5 rings (SSSR count). The average Bonchev–Trinajstić information content (AvgIpc) is 3.41. The molecular formula is C31H28N2O2. The highest BCUT2D eigenvalue weighted by atomic mass is 16.5. The van der Waals surface area contributed by atoms with E-state index in [4.69, 9.17) is 4.74 Å². The molecule has 0 amide bonds. The van der Waals surface area contributed by atoms with Crippen LogP contribution in [0.25, 0.3) is 0 Å². The molecule has 0 radical (unpaired) electrons. The summed E-state index contributed by atoms with van der Waals surface area (Å²) in [6.07, 6.45) is 1.97. The zero-order chi connectivity index (χ0) is 24.3. The van der Waals surface area contributed by atoms with Crippen LogP contribution in [0.4, 0.5) is 0 Å². The maximum atomic E-state index is 13.6. The molecule has 4 aromatic carbocycles. The van der Waals surface area contributed by atoms with Crippen LogP contribution in [0, 0.1) is 6.92 Å². The fourth-order valence-corrected chi connectivity index (χ4v) is 5.03. The highest BCUT2D eigenvalue weighted by molar-refractivity contribution is 6.09. The number of methoxy groups -OCH3 is 1. The minimum absolute atomic E-state index is 0.0491. The number of nitrogens with zero attached hydrogens (tertiary/aromatic N) is 1. The monoisotopic (exact) mass is 460 g/mol. The molecule has 0 saturated heterocycles.